The minimum Gasteiger partial charge on any atom is -0.379 e. The SMILES string of the molecule is Cc1cccc(CNC(=O)N[C@@H]2CCOC2)c1Br. The number of rotatable bonds is 3. The summed E-state index contributed by atoms with van der Waals surface area (Å²) in [4.78, 5) is 11.7. The van der Waals surface area contributed by atoms with Gasteiger partial charge in [-0.3, -0.25) is 0 Å². The summed E-state index contributed by atoms with van der Waals surface area (Å²) in [5, 5.41) is 5.75. The van der Waals surface area contributed by atoms with E-state index < -0.39 is 0 Å². The first-order chi connectivity index (χ1) is 8.66. The van der Waals surface area contributed by atoms with Gasteiger partial charge in [0.1, 0.15) is 0 Å². The van der Waals surface area contributed by atoms with Crippen LogP contribution in [0.15, 0.2) is 22.7 Å². The number of carbonyl (C=O) groups is 1. The van der Waals surface area contributed by atoms with Crippen LogP contribution in [-0.2, 0) is 11.3 Å². The molecular weight excluding hydrogens is 296 g/mol. The summed E-state index contributed by atoms with van der Waals surface area (Å²) >= 11 is 3.53. The highest BCUT2D eigenvalue weighted by Gasteiger charge is 2.17. The number of aryl methyl sites for hydroxylation is 1. The first-order valence-corrected chi connectivity index (χ1v) is 6.82. The zero-order chi connectivity index (χ0) is 13.0. The molecule has 98 valence electrons. The Morgan fingerprint density at radius 1 is 1.56 bits per heavy atom. The van der Waals surface area contributed by atoms with Crippen LogP contribution in [0.4, 0.5) is 4.79 Å². The fourth-order valence-corrected chi connectivity index (χ4v) is 2.31. The van der Waals surface area contributed by atoms with E-state index in [2.05, 4.69) is 26.6 Å². The third-order valence-electron chi connectivity index (χ3n) is 2.98. The van der Waals surface area contributed by atoms with Crippen LogP contribution in [0, 0.1) is 6.92 Å². The number of nitrogens with one attached hydrogen (secondary N) is 2. The standard InChI is InChI=1S/C13H17BrN2O2/c1-9-3-2-4-10(12(9)14)7-15-13(17)16-11-5-6-18-8-11/h2-4,11H,5-8H2,1H3,(H2,15,16,17)/t11-/m1/s1. The van der Waals surface area contributed by atoms with Crippen molar-refractivity contribution in [2.45, 2.75) is 25.9 Å². The van der Waals surface area contributed by atoms with Crippen LogP contribution in [0.3, 0.4) is 0 Å². The van der Waals surface area contributed by atoms with Crippen molar-refractivity contribution in [3.8, 4) is 0 Å². The first-order valence-electron chi connectivity index (χ1n) is 6.03. The Balaban J connectivity index is 1.83. The van der Waals surface area contributed by atoms with Gasteiger partial charge >= 0.3 is 6.03 Å². The van der Waals surface area contributed by atoms with E-state index in [1.165, 1.54) is 5.56 Å². The maximum absolute atomic E-state index is 11.7. The van der Waals surface area contributed by atoms with Gasteiger partial charge in [0.05, 0.1) is 12.6 Å². The number of urea groups is 1. The predicted molar refractivity (Wildman–Crippen MR) is 73.5 cm³/mol. The average molecular weight is 313 g/mol. The summed E-state index contributed by atoms with van der Waals surface area (Å²) < 4.78 is 6.26. The van der Waals surface area contributed by atoms with Gasteiger partial charge in [-0.2, -0.15) is 0 Å². The van der Waals surface area contributed by atoms with Gasteiger partial charge in [-0.25, -0.2) is 4.79 Å². The molecule has 0 bridgehead atoms. The fourth-order valence-electron chi connectivity index (χ4n) is 1.90. The Morgan fingerprint density at radius 2 is 2.39 bits per heavy atom. The van der Waals surface area contributed by atoms with Crippen molar-refractivity contribution in [1.29, 1.82) is 0 Å². The largest absolute Gasteiger partial charge is 0.379 e. The van der Waals surface area contributed by atoms with Gasteiger partial charge in [0.15, 0.2) is 0 Å². The highest BCUT2D eigenvalue weighted by molar-refractivity contribution is 9.10. The van der Waals surface area contributed by atoms with Crippen LogP contribution < -0.4 is 10.6 Å². The molecule has 0 radical (unpaired) electrons. The Kier molecular flexibility index (Phi) is 4.60. The zero-order valence-electron chi connectivity index (χ0n) is 10.3. The molecule has 1 aliphatic heterocycles. The summed E-state index contributed by atoms with van der Waals surface area (Å²) in [5.74, 6) is 0. The molecule has 0 saturated carbocycles. The first kappa shape index (κ1) is 13.4. The van der Waals surface area contributed by atoms with Crippen molar-refractivity contribution in [2.24, 2.45) is 0 Å². The second-order valence-electron chi connectivity index (χ2n) is 4.44. The van der Waals surface area contributed by atoms with Crippen LogP contribution in [0.1, 0.15) is 17.5 Å². The summed E-state index contributed by atoms with van der Waals surface area (Å²) in [6.45, 7) is 3.89. The fraction of sp³-hybridized carbons (Fsp3) is 0.462. The number of hydrogen-bond donors (Lipinski definition) is 2. The second-order valence-corrected chi connectivity index (χ2v) is 5.23. The molecule has 0 unspecified atom stereocenters. The topological polar surface area (TPSA) is 50.4 Å². The van der Waals surface area contributed by atoms with Crippen molar-refractivity contribution < 1.29 is 9.53 Å². The molecular formula is C13H17BrN2O2. The smallest absolute Gasteiger partial charge is 0.315 e. The maximum atomic E-state index is 11.7. The van der Waals surface area contributed by atoms with Crippen molar-refractivity contribution in [1.82, 2.24) is 10.6 Å². The van der Waals surface area contributed by atoms with E-state index in [4.69, 9.17) is 4.74 Å². The van der Waals surface area contributed by atoms with Gasteiger partial charge in [0, 0.05) is 17.6 Å². The molecule has 18 heavy (non-hydrogen) atoms. The zero-order valence-corrected chi connectivity index (χ0v) is 11.9. The summed E-state index contributed by atoms with van der Waals surface area (Å²) in [6, 6.07) is 6.02. The lowest BCUT2D eigenvalue weighted by molar-refractivity contribution is 0.188. The molecule has 4 nitrogen and oxygen atoms in total. The Morgan fingerprint density at radius 3 is 3.11 bits per heavy atom. The summed E-state index contributed by atoms with van der Waals surface area (Å²) in [5.41, 5.74) is 2.24. The highest BCUT2D eigenvalue weighted by atomic mass is 79.9. The number of hydrogen-bond acceptors (Lipinski definition) is 2. The molecule has 1 atom stereocenters. The van der Waals surface area contributed by atoms with E-state index in [0.29, 0.717) is 13.2 Å². The van der Waals surface area contributed by atoms with E-state index in [1.54, 1.807) is 0 Å². The van der Waals surface area contributed by atoms with E-state index in [1.807, 2.05) is 25.1 Å². The molecule has 1 aromatic carbocycles. The van der Waals surface area contributed by atoms with Crippen molar-refractivity contribution in [2.75, 3.05) is 13.2 Å². The molecule has 5 heteroatoms. The number of benzene rings is 1. The lowest BCUT2D eigenvalue weighted by atomic mass is 10.1. The number of ether oxygens (including phenoxy) is 1. The molecule has 2 amide bonds. The highest BCUT2D eigenvalue weighted by Crippen LogP contribution is 2.20. The van der Waals surface area contributed by atoms with Crippen LogP contribution >= 0.6 is 15.9 Å². The normalized spacial score (nSPS) is 18.7. The van der Waals surface area contributed by atoms with Crippen LogP contribution in [0.5, 0.6) is 0 Å². The van der Waals surface area contributed by atoms with Gasteiger partial charge in [0.2, 0.25) is 0 Å². The minimum atomic E-state index is -0.140. The van der Waals surface area contributed by atoms with Crippen molar-refractivity contribution in [3.05, 3.63) is 33.8 Å². The predicted octanol–water partition coefficient (Wildman–Crippen LogP) is 2.35. The lowest BCUT2D eigenvalue weighted by Crippen LogP contribution is -2.42. The third-order valence-corrected chi connectivity index (χ3v) is 4.11. The molecule has 0 aliphatic carbocycles. The number of carbonyl (C=O) groups excluding carboxylic acids is 1. The Hall–Kier alpha value is -1.07. The van der Waals surface area contributed by atoms with Gasteiger partial charge in [-0.05, 0) is 24.5 Å². The van der Waals surface area contributed by atoms with Crippen molar-refractivity contribution in [3.63, 3.8) is 0 Å². The molecule has 1 heterocycles. The third kappa shape index (κ3) is 3.46. The molecule has 1 aromatic rings. The molecule has 2 N–H and O–H groups in total. The van der Waals surface area contributed by atoms with Crippen LogP contribution in [-0.4, -0.2) is 25.3 Å². The molecule has 2 rings (SSSR count). The van der Waals surface area contributed by atoms with Gasteiger partial charge in [-0.15, -0.1) is 0 Å². The monoisotopic (exact) mass is 312 g/mol. The number of halogens is 1. The van der Waals surface area contributed by atoms with E-state index >= 15 is 0 Å². The minimum absolute atomic E-state index is 0.140. The van der Waals surface area contributed by atoms with Gasteiger partial charge in [-0.1, -0.05) is 34.1 Å². The van der Waals surface area contributed by atoms with E-state index in [9.17, 15) is 4.79 Å². The summed E-state index contributed by atoms with van der Waals surface area (Å²) in [6.07, 6.45) is 0.890. The summed E-state index contributed by atoms with van der Waals surface area (Å²) in [7, 11) is 0. The molecule has 1 aliphatic rings. The quantitative estimate of drug-likeness (QED) is 0.900. The molecule has 1 saturated heterocycles. The van der Waals surface area contributed by atoms with Crippen LogP contribution in [0.2, 0.25) is 0 Å². The average Bonchev–Trinajstić information content (AvgIpc) is 2.84. The number of amides is 2. The Bertz CT molecular complexity index is 431. The maximum Gasteiger partial charge on any atom is 0.315 e. The second kappa shape index (κ2) is 6.20. The van der Waals surface area contributed by atoms with Gasteiger partial charge < -0.3 is 15.4 Å². The molecule has 1 fully saturated rings. The molecule has 0 spiro atoms. The van der Waals surface area contributed by atoms with Gasteiger partial charge in [0.25, 0.3) is 0 Å². The van der Waals surface area contributed by atoms with E-state index in [-0.39, 0.29) is 12.1 Å². The Labute approximate surface area is 115 Å². The van der Waals surface area contributed by atoms with Crippen LogP contribution in [0.25, 0.3) is 0 Å². The molecule has 0 aromatic heterocycles. The lowest BCUT2D eigenvalue weighted by Gasteiger charge is -2.13. The van der Waals surface area contributed by atoms with E-state index in [0.717, 1.165) is 23.1 Å². The van der Waals surface area contributed by atoms with Crippen molar-refractivity contribution >= 4 is 22.0 Å².